The molecule has 0 unspecified atom stereocenters. The van der Waals surface area contributed by atoms with Crippen LogP contribution in [-0.2, 0) is 4.79 Å². The topological polar surface area (TPSA) is 58.2 Å². The first-order valence-electron chi connectivity index (χ1n) is 7.74. The second-order valence-corrected chi connectivity index (χ2v) is 5.51. The largest absolute Gasteiger partial charge is 0.354 e. The van der Waals surface area contributed by atoms with Gasteiger partial charge in [-0.2, -0.15) is 0 Å². The van der Waals surface area contributed by atoms with E-state index in [2.05, 4.69) is 16.7 Å². The van der Waals surface area contributed by atoms with Crippen molar-refractivity contribution in [2.45, 2.75) is 32.1 Å². The van der Waals surface area contributed by atoms with E-state index in [1.807, 2.05) is 0 Å². The number of hydrogen-bond donors (Lipinski definition) is 2. The van der Waals surface area contributed by atoms with Gasteiger partial charge in [0.25, 0.3) is 5.91 Å². The molecule has 0 aliphatic heterocycles. The standard InChI is InChI=1S/C17H20F2N2O2/c18-13-6-7-14(15(19)10-13)17(23)21-11-16(22)20-9-8-12-4-2-1-3-5-12/h4,6-7,10H,1-3,5,8-9,11H2,(H,20,22)(H,21,23). The molecule has 0 fully saturated rings. The Bertz CT molecular complexity index is 615. The van der Waals surface area contributed by atoms with Gasteiger partial charge < -0.3 is 10.6 Å². The Hall–Kier alpha value is -2.24. The van der Waals surface area contributed by atoms with Crippen molar-refractivity contribution in [3.8, 4) is 0 Å². The SMILES string of the molecule is O=C(CNC(=O)c1ccc(F)cc1F)NCCC1=CCCCC1. The predicted octanol–water partition coefficient (Wildman–Crippen LogP) is 2.70. The molecule has 2 amide bonds. The molecule has 23 heavy (non-hydrogen) atoms. The van der Waals surface area contributed by atoms with Crippen LogP contribution >= 0.6 is 0 Å². The minimum atomic E-state index is -0.952. The highest BCUT2D eigenvalue weighted by Gasteiger charge is 2.13. The highest BCUT2D eigenvalue weighted by atomic mass is 19.1. The van der Waals surface area contributed by atoms with E-state index in [9.17, 15) is 18.4 Å². The van der Waals surface area contributed by atoms with Gasteiger partial charge in [0.2, 0.25) is 5.91 Å². The van der Waals surface area contributed by atoms with Crippen LogP contribution in [-0.4, -0.2) is 24.9 Å². The van der Waals surface area contributed by atoms with Crippen LogP contribution in [0.5, 0.6) is 0 Å². The molecule has 1 aliphatic carbocycles. The molecule has 0 heterocycles. The molecule has 124 valence electrons. The molecular formula is C17H20F2N2O2. The third-order valence-corrected chi connectivity index (χ3v) is 3.74. The van der Waals surface area contributed by atoms with Gasteiger partial charge in [-0.1, -0.05) is 11.6 Å². The molecule has 0 saturated heterocycles. The van der Waals surface area contributed by atoms with Crippen molar-refractivity contribution in [2.75, 3.05) is 13.1 Å². The first kappa shape index (κ1) is 17.1. The lowest BCUT2D eigenvalue weighted by atomic mass is 9.97. The lowest BCUT2D eigenvalue weighted by Crippen LogP contribution is -2.37. The van der Waals surface area contributed by atoms with Crippen molar-refractivity contribution >= 4 is 11.8 Å². The maximum absolute atomic E-state index is 13.4. The summed E-state index contributed by atoms with van der Waals surface area (Å²) in [4.78, 5) is 23.4. The van der Waals surface area contributed by atoms with E-state index in [0.717, 1.165) is 31.4 Å². The van der Waals surface area contributed by atoms with E-state index in [1.165, 1.54) is 18.4 Å². The van der Waals surface area contributed by atoms with Gasteiger partial charge >= 0.3 is 0 Å². The quantitative estimate of drug-likeness (QED) is 0.791. The number of nitrogens with one attached hydrogen (secondary N) is 2. The maximum Gasteiger partial charge on any atom is 0.254 e. The molecule has 2 N–H and O–H groups in total. The molecule has 1 aromatic carbocycles. The summed E-state index contributed by atoms with van der Waals surface area (Å²) in [6.45, 7) is 0.278. The number of allylic oxidation sites excluding steroid dienone is 1. The minimum Gasteiger partial charge on any atom is -0.354 e. The Labute approximate surface area is 134 Å². The monoisotopic (exact) mass is 322 g/mol. The summed E-state index contributed by atoms with van der Waals surface area (Å²) in [6, 6.07) is 2.68. The number of carbonyl (C=O) groups is 2. The van der Waals surface area contributed by atoms with Crippen LogP contribution in [0.3, 0.4) is 0 Å². The fraction of sp³-hybridized carbons (Fsp3) is 0.412. The zero-order chi connectivity index (χ0) is 16.7. The lowest BCUT2D eigenvalue weighted by Gasteiger charge is -2.13. The van der Waals surface area contributed by atoms with Gasteiger partial charge in [-0.15, -0.1) is 0 Å². The zero-order valence-corrected chi connectivity index (χ0v) is 12.8. The van der Waals surface area contributed by atoms with Gasteiger partial charge in [0.1, 0.15) is 11.6 Å². The number of carbonyl (C=O) groups excluding carboxylic acids is 2. The Morgan fingerprint density at radius 2 is 1.96 bits per heavy atom. The summed E-state index contributed by atoms with van der Waals surface area (Å²) >= 11 is 0. The maximum atomic E-state index is 13.4. The molecule has 4 nitrogen and oxygen atoms in total. The van der Waals surface area contributed by atoms with Crippen LogP contribution in [0.15, 0.2) is 29.8 Å². The Kier molecular flexibility index (Phi) is 6.26. The van der Waals surface area contributed by atoms with Crippen molar-refractivity contribution in [1.82, 2.24) is 10.6 Å². The molecule has 0 atom stereocenters. The first-order chi connectivity index (χ1) is 11.1. The Balaban J connectivity index is 1.71. The Morgan fingerprint density at radius 1 is 1.13 bits per heavy atom. The van der Waals surface area contributed by atoms with Crippen molar-refractivity contribution < 1.29 is 18.4 Å². The molecule has 1 aliphatic rings. The average molecular weight is 322 g/mol. The van der Waals surface area contributed by atoms with Gasteiger partial charge in [-0.05, 0) is 44.2 Å². The van der Waals surface area contributed by atoms with E-state index in [4.69, 9.17) is 0 Å². The Morgan fingerprint density at radius 3 is 2.65 bits per heavy atom. The van der Waals surface area contributed by atoms with Crippen LogP contribution in [0.25, 0.3) is 0 Å². The van der Waals surface area contributed by atoms with Crippen molar-refractivity contribution in [1.29, 1.82) is 0 Å². The minimum absolute atomic E-state index is 0.241. The van der Waals surface area contributed by atoms with Gasteiger partial charge in [-0.3, -0.25) is 9.59 Å². The van der Waals surface area contributed by atoms with E-state index in [-0.39, 0.29) is 18.0 Å². The number of benzene rings is 1. The summed E-state index contributed by atoms with van der Waals surface area (Å²) in [5.74, 6) is -2.79. The smallest absolute Gasteiger partial charge is 0.254 e. The number of amides is 2. The van der Waals surface area contributed by atoms with Crippen LogP contribution in [0.4, 0.5) is 8.78 Å². The van der Waals surface area contributed by atoms with E-state index < -0.39 is 17.5 Å². The fourth-order valence-electron chi connectivity index (χ4n) is 2.49. The molecular weight excluding hydrogens is 302 g/mol. The van der Waals surface area contributed by atoms with Gasteiger partial charge in [0.05, 0.1) is 12.1 Å². The van der Waals surface area contributed by atoms with Crippen LogP contribution in [0.2, 0.25) is 0 Å². The van der Waals surface area contributed by atoms with Crippen molar-refractivity contribution in [3.63, 3.8) is 0 Å². The molecule has 0 bridgehead atoms. The predicted molar refractivity (Wildman–Crippen MR) is 82.9 cm³/mol. The van der Waals surface area contributed by atoms with E-state index in [1.54, 1.807) is 0 Å². The molecule has 0 spiro atoms. The van der Waals surface area contributed by atoms with Gasteiger partial charge in [0.15, 0.2) is 0 Å². The summed E-state index contributed by atoms with van der Waals surface area (Å²) in [5, 5.41) is 5.03. The van der Waals surface area contributed by atoms with Crippen molar-refractivity contribution in [3.05, 3.63) is 47.0 Å². The third-order valence-electron chi connectivity index (χ3n) is 3.74. The van der Waals surface area contributed by atoms with Crippen LogP contribution in [0.1, 0.15) is 42.5 Å². The summed E-state index contributed by atoms with van der Waals surface area (Å²) in [5.41, 5.74) is 1.07. The highest BCUT2D eigenvalue weighted by molar-refractivity contribution is 5.96. The third kappa shape index (κ3) is 5.47. The average Bonchev–Trinajstić information content (AvgIpc) is 2.53. The summed E-state index contributed by atoms with van der Waals surface area (Å²) in [6.07, 6.45) is 7.63. The second-order valence-electron chi connectivity index (χ2n) is 5.51. The van der Waals surface area contributed by atoms with Crippen LogP contribution < -0.4 is 10.6 Å². The van der Waals surface area contributed by atoms with Crippen LogP contribution in [0, 0.1) is 11.6 Å². The molecule has 0 radical (unpaired) electrons. The number of hydrogen-bond acceptors (Lipinski definition) is 2. The molecule has 0 aromatic heterocycles. The summed E-state index contributed by atoms with van der Waals surface area (Å²) in [7, 11) is 0. The molecule has 1 aromatic rings. The zero-order valence-electron chi connectivity index (χ0n) is 12.8. The summed E-state index contributed by atoms with van der Waals surface area (Å²) < 4.78 is 26.2. The van der Waals surface area contributed by atoms with Gasteiger partial charge in [-0.25, -0.2) is 8.78 Å². The van der Waals surface area contributed by atoms with Crippen molar-refractivity contribution in [2.24, 2.45) is 0 Å². The molecule has 2 rings (SSSR count). The number of rotatable bonds is 6. The van der Waals surface area contributed by atoms with E-state index in [0.29, 0.717) is 12.6 Å². The fourth-order valence-corrected chi connectivity index (χ4v) is 2.49. The van der Waals surface area contributed by atoms with E-state index >= 15 is 0 Å². The molecule has 6 heteroatoms. The first-order valence-corrected chi connectivity index (χ1v) is 7.74. The normalized spacial score (nSPS) is 14.1. The molecule has 0 saturated carbocycles. The van der Waals surface area contributed by atoms with Gasteiger partial charge in [0, 0.05) is 12.6 Å². The lowest BCUT2D eigenvalue weighted by molar-refractivity contribution is -0.120. The second kappa shape index (κ2) is 8.41. The highest BCUT2D eigenvalue weighted by Crippen LogP contribution is 2.19. The number of halogens is 2.